The summed E-state index contributed by atoms with van der Waals surface area (Å²) in [4.78, 5) is 33.3. The molecule has 0 atom stereocenters. The molecule has 0 radical (unpaired) electrons. The van der Waals surface area contributed by atoms with Gasteiger partial charge in [0.1, 0.15) is 5.82 Å². The predicted octanol–water partition coefficient (Wildman–Crippen LogP) is 4.38. The Balaban J connectivity index is 1.46. The fourth-order valence-corrected chi connectivity index (χ4v) is 4.03. The number of benzene rings is 2. The molecule has 1 aliphatic rings. The standard InChI is InChI=1S/C19H17ClN4O2S/c20-14-4-2-1-3-13(14)18-22-15-6-5-12(11-16(15)23-18)21-17(25)7-8-24-9-10-27-19(24)26/h1-6,11H,7-10H2,(H,21,25)(H,22,23). The third-order valence-electron chi connectivity index (χ3n) is 4.35. The summed E-state index contributed by atoms with van der Waals surface area (Å²) in [5.74, 6) is 1.36. The minimum Gasteiger partial charge on any atom is -0.338 e. The van der Waals surface area contributed by atoms with E-state index in [1.807, 2.05) is 42.5 Å². The lowest BCUT2D eigenvalue weighted by Gasteiger charge is -2.13. The second-order valence-electron chi connectivity index (χ2n) is 6.20. The van der Waals surface area contributed by atoms with Crippen molar-refractivity contribution >= 4 is 51.2 Å². The van der Waals surface area contributed by atoms with Crippen molar-refractivity contribution in [1.29, 1.82) is 0 Å². The van der Waals surface area contributed by atoms with Gasteiger partial charge < -0.3 is 15.2 Å². The minimum absolute atomic E-state index is 0.0498. The molecule has 0 aliphatic carbocycles. The Morgan fingerprint density at radius 3 is 2.93 bits per heavy atom. The van der Waals surface area contributed by atoms with E-state index in [1.54, 1.807) is 4.90 Å². The number of anilines is 1. The lowest BCUT2D eigenvalue weighted by atomic mass is 10.2. The number of amides is 2. The number of imidazole rings is 1. The molecule has 27 heavy (non-hydrogen) atoms. The Bertz CT molecular complexity index is 1020. The van der Waals surface area contributed by atoms with Crippen molar-refractivity contribution in [3.05, 3.63) is 47.5 Å². The number of fused-ring (bicyclic) bond motifs is 1. The van der Waals surface area contributed by atoms with Crippen LogP contribution in [0.5, 0.6) is 0 Å². The summed E-state index contributed by atoms with van der Waals surface area (Å²) >= 11 is 7.54. The predicted molar refractivity (Wildman–Crippen MR) is 109 cm³/mol. The van der Waals surface area contributed by atoms with Gasteiger partial charge in [0, 0.05) is 36.5 Å². The van der Waals surface area contributed by atoms with Gasteiger partial charge in [-0.05, 0) is 30.3 Å². The zero-order valence-corrected chi connectivity index (χ0v) is 15.9. The fraction of sp³-hybridized carbons (Fsp3) is 0.211. The number of hydrogen-bond acceptors (Lipinski definition) is 4. The van der Waals surface area contributed by atoms with Crippen molar-refractivity contribution < 1.29 is 9.59 Å². The van der Waals surface area contributed by atoms with Gasteiger partial charge in [-0.15, -0.1) is 0 Å². The van der Waals surface area contributed by atoms with Crippen molar-refractivity contribution in [3.8, 4) is 11.4 Å². The molecule has 138 valence electrons. The third kappa shape index (κ3) is 3.94. The zero-order valence-electron chi connectivity index (χ0n) is 14.4. The molecule has 2 heterocycles. The van der Waals surface area contributed by atoms with E-state index in [0.29, 0.717) is 29.6 Å². The van der Waals surface area contributed by atoms with E-state index in [2.05, 4.69) is 15.3 Å². The van der Waals surface area contributed by atoms with Crippen LogP contribution in [-0.4, -0.2) is 44.9 Å². The largest absolute Gasteiger partial charge is 0.338 e. The average molecular weight is 401 g/mol. The smallest absolute Gasteiger partial charge is 0.281 e. The van der Waals surface area contributed by atoms with E-state index >= 15 is 0 Å². The molecule has 1 fully saturated rings. The summed E-state index contributed by atoms with van der Waals surface area (Å²) in [5, 5.41) is 3.55. The SMILES string of the molecule is O=C(CCN1CCSC1=O)Nc1ccc2nc(-c3ccccc3Cl)[nH]c2c1. The van der Waals surface area contributed by atoms with Crippen LogP contribution in [0.2, 0.25) is 5.02 Å². The highest BCUT2D eigenvalue weighted by atomic mass is 35.5. The van der Waals surface area contributed by atoms with Crippen LogP contribution in [0.25, 0.3) is 22.4 Å². The molecule has 0 bridgehead atoms. The number of aromatic nitrogens is 2. The Morgan fingerprint density at radius 2 is 2.15 bits per heavy atom. The van der Waals surface area contributed by atoms with Crippen molar-refractivity contribution in [2.24, 2.45) is 0 Å². The second kappa shape index (κ2) is 7.62. The van der Waals surface area contributed by atoms with Gasteiger partial charge in [-0.3, -0.25) is 9.59 Å². The number of nitrogens with zero attached hydrogens (tertiary/aromatic N) is 2. The molecule has 4 rings (SSSR count). The van der Waals surface area contributed by atoms with Crippen LogP contribution in [0.3, 0.4) is 0 Å². The molecule has 0 saturated carbocycles. The van der Waals surface area contributed by atoms with Crippen molar-refractivity contribution in [2.45, 2.75) is 6.42 Å². The van der Waals surface area contributed by atoms with Gasteiger partial charge in [0.2, 0.25) is 5.91 Å². The monoisotopic (exact) mass is 400 g/mol. The summed E-state index contributed by atoms with van der Waals surface area (Å²) in [7, 11) is 0. The Hall–Kier alpha value is -2.51. The molecule has 1 aliphatic heterocycles. The van der Waals surface area contributed by atoms with Gasteiger partial charge in [-0.1, -0.05) is 35.5 Å². The topological polar surface area (TPSA) is 78.1 Å². The maximum atomic E-state index is 12.2. The molecule has 6 nitrogen and oxygen atoms in total. The van der Waals surface area contributed by atoms with Crippen LogP contribution < -0.4 is 5.32 Å². The van der Waals surface area contributed by atoms with Crippen LogP contribution in [0.15, 0.2) is 42.5 Å². The van der Waals surface area contributed by atoms with Gasteiger partial charge in [0.05, 0.1) is 16.1 Å². The first-order chi connectivity index (χ1) is 13.1. The quantitative estimate of drug-likeness (QED) is 0.666. The Kier molecular flexibility index (Phi) is 5.05. The molecule has 2 N–H and O–H groups in total. The Labute approximate surface area is 165 Å². The highest BCUT2D eigenvalue weighted by Gasteiger charge is 2.21. The number of aromatic amines is 1. The van der Waals surface area contributed by atoms with Crippen LogP contribution in [0, 0.1) is 0 Å². The lowest BCUT2D eigenvalue weighted by molar-refractivity contribution is -0.116. The average Bonchev–Trinajstić information content (AvgIpc) is 3.26. The van der Waals surface area contributed by atoms with Crippen molar-refractivity contribution in [3.63, 3.8) is 0 Å². The van der Waals surface area contributed by atoms with Crippen LogP contribution in [0.1, 0.15) is 6.42 Å². The van der Waals surface area contributed by atoms with Crippen molar-refractivity contribution in [1.82, 2.24) is 14.9 Å². The third-order valence-corrected chi connectivity index (χ3v) is 5.57. The van der Waals surface area contributed by atoms with Crippen LogP contribution >= 0.6 is 23.4 Å². The van der Waals surface area contributed by atoms with Gasteiger partial charge in [0.25, 0.3) is 5.24 Å². The number of thioether (sulfide) groups is 1. The summed E-state index contributed by atoms with van der Waals surface area (Å²) in [6.45, 7) is 1.16. The van der Waals surface area contributed by atoms with E-state index < -0.39 is 0 Å². The molecule has 8 heteroatoms. The van der Waals surface area contributed by atoms with E-state index in [4.69, 9.17) is 11.6 Å². The number of nitrogens with one attached hydrogen (secondary N) is 2. The maximum Gasteiger partial charge on any atom is 0.281 e. The summed E-state index contributed by atoms with van der Waals surface area (Å²) in [5.41, 5.74) is 3.12. The second-order valence-corrected chi connectivity index (χ2v) is 7.65. The minimum atomic E-state index is -0.120. The summed E-state index contributed by atoms with van der Waals surface area (Å²) in [6.07, 6.45) is 0.276. The lowest BCUT2D eigenvalue weighted by Crippen LogP contribution is -2.27. The molecule has 2 amide bonds. The molecule has 0 unspecified atom stereocenters. The molecule has 1 aromatic heterocycles. The zero-order chi connectivity index (χ0) is 18.8. The van der Waals surface area contributed by atoms with E-state index in [9.17, 15) is 9.59 Å². The van der Waals surface area contributed by atoms with Crippen LogP contribution in [-0.2, 0) is 4.79 Å². The van der Waals surface area contributed by atoms with Gasteiger partial charge >= 0.3 is 0 Å². The highest BCUT2D eigenvalue weighted by molar-refractivity contribution is 8.13. The number of H-pyrrole nitrogens is 1. The molecular weight excluding hydrogens is 384 g/mol. The van der Waals surface area contributed by atoms with E-state index in [-0.39, 0.29) is 17.6 Å². The number of rotatable bonds is 5. The van der Waals surface area contributed by atoms with Gasteiger partial charge in [0.15, 0.2) is 0 Å². The number of carbonyl (C=O) groups excluding carboxylic acids is 2. The van der Waals surface area contributed by atoms with Crippen LogP contribution in [0.4, 0.5) is 10.5 Å². The summed E-state index contributed by atoms with van der Waals surface area (Å²) < 4.78 is 0. The number of carbonyl (C=O) groups is 2. The first kappa shape index (κ1) is 17.9. The van der Waals surface area contributed by atoms with Crippen molar-refractivity contribution in [2.75, 3.05) is 24.2 Å². The normalized spacial score (nSPS) is 14.1. The highest BCUT2D eigenvalue weighted by Crippen LogP contribution is 2.28. The molecule has 1 saturated heterocycles. The van der Waals surface area contributed by atoms with Gasteiger partial charge in [-0.25, -0.2) is 4.98 Å². The number of hydrogen-bond donors (Lipinski definition) is 2. The molecular formula is C19H17ClN4O2S. The number of halogens is 1. The Morgan fingerprint density at radius 1 is 1.30 bits per heavy atom. The van der Waals surface area contributed by atoms with Gasteiger partial charge in [-0.2, -0.15) is 0 Å². The maximum absolute atomic E-state index is 12.2. The van der Waals surface area contributed by atoms with E-state index in [1.165, 1.54) is 11.8 Å². The molecule has 3 aromatic rings. The first-order valence-electron chi connectivity index (χ1n) is 8.56. The first-order valence-corrected chi connectivity index (χ1v) is 9.93. The van der Waals surface area contributed by atoms with E-state index in [0.717, 1.165) is 22.3 Å². The molecule has 2 aromatic carbocycles. The summed E-state index contributed by atoms with van der Waals surface area (Å²) in [6, 6.07) is 13.0. The molecule has 0 spiro atoms. The fourth-order valence-electron chi connectivity index (χ4n) is 2.96.